The quantitative estimate of drug-likeness (QED) is 0.488. The van der Waals surface area contributed by atoms with Gasteiger partial charge in [-0.1, -0.05) is 11.3 Å². The number of nitrogen functional groups attached to an aromatic ring is 1. The van der Waals surface area contributed by atoms with Crippen molar-refractivity contribution in [1.82, 2.24) is 10.2 Å². The summed E-state index contributed by atoms with van der Waals surface area (Å²) in [5.74, 6) is 5.82. The van der Waals surface area contributed by atoms with Crippen molar-refractivity contribution in [3.63, 3.8) is 0 Å². The fourth-order valence-corrected chi connectivity index (χ4v) is 1.61. The summed E-state index contributed by atoms with van der Waals surface area (Å²) in [5.41, 5.74) is 2.47. The fourth-order valence-electron chi connectivity index (χ4n) is 0.788. The van der Waals surface area contributed by atoms with Crippen molar-refractivity contribution in [3.05, 3.63) is 5.01 Å². The monoisotopic (exact) mass is 156 g/mol. The molecule has 0 amide bonds. The van der Waals surface area contributed by atoms with Gasteiger partial charge in [0.05, 0.1) is 0 Å². The molecular formula is C5H8N4S. The molecule has 0 aliphatic heterocycles. The van der Waals surface area contributed by atoms with Gasteiger partial charge in [0.15, 0.2) is 0 Å². The second-order valence-corrected chi connectivity index (χ2v) is 3.37. The minimum Gasteiger partial charge on any atom is -0.298 e. The molecule has 0 radical (unpaired) electrons. The predicted octanol–water partition coefficient (Wildman–Crippen LogP) is 0.701. The highest BCUT2D eigenvalue weighted by Crippen LogP contribution is 2.41. The molecule has 1 heterocycles. The van der Waals surface area contributed by atoms with Crippen LogP contribution in [0.15, 0.2) is 0 Å². The Morgan fingerprint density at radius 3 is 2.80 bits per heavy atom. The summed E-state index contributed by atoms with van der Waals surface area (Å²) < 4.78 is 0. The average Bonchev–Trinajstić information content (AvgIpc) is 2.70. The number of nitrogens with zero attached hydrogens (tertiary/aromatic N) is 2. The summed E-state index contributed by atoms with van der Waals surface area (Å²) in [6, 6.07) is 0. The maximum absolute atomic E-state index is 5.14. The van der Waals surface area contributed by atoms with E-state index in [9.17, 15) is 0 Å². The summed E-state index contributed by atoms with van der Waals surface area (Å²) in [4.78, 5) is 0. The van der Waals surface area contributed by atoms with E-state index in [-0.39, 0.29) is 0 Å². The van der Waals surface area contributed by atoms with E-state index in [4.69, 9.17) is 5.84 Å². The van der Waals surface area contributed by atoms with E-state index in [1.54, 1.807) is 11.3 Å². The molecule has 0 atom stereocenters. The highest BCUT2D eigenvalue weighted by molar-refractivity contribution is 7.15. The number of hydrogen-bond donors (Lipinski definition) is 2. The van der Waals surface area contributed by atoms with Crippen molar-refractivity contribution < 1.29 is 0 Å². The minimum absolute atomic E-state index is 0.680. The third-order valence-electron chi connectivity index (χ3n) is 1.49. The van der Waals surface area contributed by atoms with Gasteiger partial charge in [-0.05, 0) is 12.8 Å². The van der Waals surface area contributed by atoms with Crippen LogP contribution in [0.2, 0.25) is 0 Å². The molecule has 0 spiro atoms. The molecule has 0 unspecified atom stereocenters. The molecule has 1 fully saturated rings. The number of rotatable bonds is 2. The Labute approximate surface area is 62.4 Å². The summed E-state index contributed by atoms with van der Waals surface area (Å²) in [5, 5.41) is 9.63. The first-order valence-electron chi connectivity index (χ1n) is 3.20. The van der Waals surface area contributed by atoms with E-state index in [1.807, 2.05) is 0 Å². The Morgan fingerprint density at radius 2 is 2.30 bits per heavy atom. The van der Waals surface area contributed by atoms with Gasteiger partial charge in [-0.2, -0.15) is 0 Å². The zero-order chi connectivity index (χ0) is 6.97. The van der Waals surface area contributed by atoms with Crippen LogP contribution in [0.3, 0.4) is 0 Å². The van der Waals surface area contributed by atoms with Gasteiger partial charge in [0.1, 0.15) is 5.01 Å². The Bertz CT molecular complexity index is 229. The summed E-state index contributed by atoms with van der Waals surface area (Å²) in [6.07, 6.45) is 2.53. The maximum Gasteiger partial charge on any atom is 0.219 e. The summed E-state index contributed by atoms with van der Waals surface area (Å²) >= 11 is 1.55. The Kier molecular flexibility index (Phi) is 1.32. The van der Waals surface area contributed by atoms with E-state index >= 15 is 0 Å². The molecule has 54 valence electrons. The van der Waals surface area contributed by atoms with Gasteiger partial charge in [0.2, 0.25) is 5.13 Å². The van der Waals surface area contributed by atoms with Gasteiger partial charge in [-0.15, -0.1) is 10.2 Å². The Morgan fingerprint density at radius 1 is 1.50 bits per heavy atom. The molecule has 2 rings (SSSR count). The van der Waals surface area contributed by atoms with Crippen molar-refractivity contribution in [2.75, 3.05) is 5.43 Å². The molecule has 1 aromatic rings. The lowest BCUT2D eigenvalue weighted by atomic mass is 10.5. The van der Waals surface area contributed by atoms with Crippen molar-refractivity contribution in [3.8, 4) is 0 Å². The van der Waals surface area contributed by atoms with Crippen LogP contribution in [-0.2, 0) is 0 Å². The van der Waals surface area contributed by atoms with Crippen molar-refractivity contribution >= 4 is 16.5 Å². The third kappa shape index (κ3) is 0.975. The number of anilines is 1. The first-order valence-corrected chi connectivity index (χ1v) is 4.02. The van der Waals surface area contributed by atoms with Crippen LogP contribution in [0.5, 0.6) is 0 Å². The summed E-state index contributed by atoms with van der Waals surface area (Å²) in [6.45, 7) is 0. The molecule has 1 saturated carbocycles. The van der Waals surface area contributed by atoms with Crippen LogP contribution < -0.4 is 11.3 Å². The van der Waals surface area contributed by atoms with Crippen LogP contribution in [0.1, 0.15) is 23.8 Å². The highest BCUT2D eigenvalue weighted by Gasteiger charge is 2.27. The molecule has 1 aliphatic carbocycles. The van der Waals surface area contributed by atoms with Crippen LogP contribution >= 0.6 is 11.3 Å². The molecule has 0 aromatic carbocycles. The molecule has 4 nitrogen and oxygen atoms in total. The van der Waals surface area contributed by atoms with Gasteiger partial charge >= 0.3 is 0 Å². The lowest BCUT2D eigenvalue weighted by Crippen LogP contribution is -2.05. The number of nitrogens with one attached hydrogen (secondary N) is 1. The molecule has 0 bridgehead atoms. The Hall–Kier alpha value is -0.680. The standard InChI is InChI=1S/C5H8N4S/c6-7-5-9-8-4(10-5)3-1-2-3/h3H,1-2,6H2,(H,7,9). The van der Waals surface area contributed by atoms with Gasteiger partial charge in [-0.25, -0.2) is 5.84 Å². The van der Waals surface area contributed by atoms with E-state index in [0.717, 1.165) is 5.01 Å². The van der Waals surface area contributed by atoms with Crippen molar-refractivity contribution in [2.45, 2.75) is 18.8 Å². The molecule has 10 heavy (non-hydrogen) atoms. The predicted molar refractivity (Wildman–Crippen MR) is 39.7 cm³/mol. The smallest absolute Gasteiger partial charge is 0.219 e. The largest absolute Gasteiger partial charge is 0.298 e. The SMILES string of the molecule is NNc1nnc(C2CC2)s1. The van der Waals surface area contributed by atoms with Gasteiger partial charge in [0.25, 0.3) is 0 Å². The van der Waals surface area contributed by atoms with Crippen LogP contribution in [-0.4, -0.2) is 10.2 Å². The number of hydrogen-bond acceptors (Lipinski definition) is 5. The third-order valence-corrected chi connectivity index (χ3v) is 2.51. The average molecular weight is 156 g/mol. The molecule has 0 saturated heterocycles. The molecule has 1 aromatic heterocycles. The molecule has 3 N–H and O–H groups in total. The van der Waals surface area contributed by atoms with Crippen LogP contribution in [0.25, 0.3) is 0 Å². The normalized spacial score (nSPS) is 17.3. The van der Waals surface area contributed by atoms with Crippen LogP contribution in [0, 0.1) is 0 Å². The Balaban J connectivity index is 2.19. The minimum atomic E-state index is 0.680. The van der Waals surface area contributed by atoms with E-state index in [2.05, 4.69) is 15.6 Å². The van der Waals surface area contributed by atoms with Gasteiger partial charge in [-0.3, -0.25) is 5.43 Å². The number of nitrogens with two attached hydrogens (primary N) is 1. The lowest BCUT2D eigenvalue weighted by molar-refractivity contribution is 0.973. The number of aromatic nitrogens is 2. The first-order chi connectivity index (χ1) is 4.90. The van der Waals surface area contributed by atoms with E-state index in [0.29, 0.717) is 11.0 Å². The fraction of sp³-hybridized carbons (Fsp3) is 0.600. The zero-order valence-electron chi connectivity index (χ0n) is 5.37. The second kappa shape index (κ2) is 2.17. The lowest BCUT2D eigenvalue weighted by Gasteiger charge is -1.84. The molecule has 5 heteroatoms. The topological polar surface area (TPSA) is 63.8 Å². The van der Waals surface area contributed by atoms with Crippen LogP contribution in [0.4, 0.5) is 5.13 Å². The maximum atomic E-state index is 5.14. The van der Waals surface area contributed by atoms with Crippen molar-refractivity contribution in [2.24, 2.45) is 5.84 Å². The van der Waals surface area contributed by atoms with Gasteiger partial charge < -0.3 is 0 Å². The van der Waals surface area contributed by atoms with Crippen molar-refractivity contribution in [1.29, 1.82) is 0 Å². The van der Waals surface area contributed by atoms with Gasteiger partial charge in [0, 0.05) is 5.92 Å². The highest BCUT2D eigenvalue weighted by atomic mass is 32.1. The molecular weight excluding hydrogens is 148 g/mol. The first kappa shape index (κ1) is 6.06. The van der Waals surface area contributed by atoms with E-state index < -0.39 is 0 Å². The number of hydrazine groups is 1. The van der Waals surface area contributed by atoms with E-state index in [1.165, 1.54) is 12.8 Å². The molecule has 1 aliphatic rings. The zero-order valence-corrected chi connectivity index (χ0v) is 6.19. The second-order valence-electron chi connectivity index (χ2n) is 2.36. The summed E-state index contributed by atoms with van der Waals surface area (Å²) in [7, 11) is 0.